The van der Waals surface area contributed by atoms with Gasteiger partial charge in [0.1, 0.15) is 12.3 Å². The minimum absolute atomic E-state index is 0.0559. The Morgan fingerprint density at radius 2 is 2.25 bits per heavy atom. The number of rotatable bonds is 2. The molecule has 0 unspecified atom stereocenters. The third kappa shape index (κ3) is 1.32. The minimum Gasteiger partial charge on any atom is -0.453 e. The van der Waals surface area contributed by atoms with Crippen LogP contribution in [-0.2, 0) is 4.79 Å². The van der Waals surface area contributed by atoms with Crippen molar-refractivity contribution in [2.24, 2.45) is 0 Å². The summed E-state index contributed by atoms with van der Waals surface area (Å²) in [5, 5.41) is 8.28. The second-order valence-corrected chi connectivity index (χ2v) is 1.97. The molecule has 0 aliphatic carbocycles. The van der Waals surface area contributed by atoms with Crippen molar-refractivity contribution in [1.82, 2.24) is 5.73 Å². The van der Waals surface area contributed by atoms with Crippen molar-refractivity contribution >= 4 is 11.7 Å². The van der Waals surface area contributed by atoms with Crippen LogP contribution >= 0.6 is 0 Å². The number of Topliss-reactive ketones (excluding diaryl/α,β-unsaturated/α-hetero) is 1. The number of nitriles is 1. The largest absolute Gasteiger partial charge is 0.453 e. The van der Waals surface area contributed by atoms with Crippen molar-refractivity contribution in [1.29, 1.82) is 5.26 Å². The van der Waals surface area contributed by atoms with Gasteiger partial charge in [-0.25, -0.2) is 0 Å². The Balaban J connectivity index is 2.99. The maximum absolute atomic E-state index is 10.8. The lowest BCUT2D eigenvalue weighted by atomic mass is 10.2. The minimum atomic E-state index is -1.32. The molecule has 0 spiro atoms. The number of nitrogens with one attached hydrogen (secondary N) is 1. The molecule has 0 fully saturated rings. The van der Waals surface area contributed by atoms with Crippen LogP contribution in [-0.4, -0.2) is 11.7 Å². The van der Waals surface area contributed by atoms with Crippen LogP contribution in [0.4, 0.5) is 0 Å². The van der Waals surface area contributed by atoms with Crippen LogP contribution in [0.25, 0.3) is 0 Å². The van der Waals surface area contributed by atoms with E-state index in [4.69, 9.17) is 11.0 Å². The Bertz CT molecular complexity index is 372. The van der Waals surface area contributed by atoms with Crippen molar-refractivity contribution in [3.63, 3.8) is 0 Å². The first kappa shape index (κ1) is 8.01. The van der Waals surface area contributed by atoms with Crippen LogP contribution in [0.1, 0.15) is 16.1 Å². The van der Waals surface area contributed by atoms with E-state index in [2.05, 4.69) is 4.42 Å². The molecular formula is C7H3N2O3. The molecule has 5 heteroatoms. The van der Waals surface area contributed by atoms with Crippen LogP contribution in [0.15, 0.2) is 16.7 Å². The van der Waals surface area contributed by atoms with Gasteiger partial charge in [0.05, 0.1) is 5.56 Å². The van der Waals surface area contributed by atoms with Crippen molar-refractivity contribution in [3.8, 4) is 6.07 Å². The monoisotopic (exact) mass is 163 g/mol. The van der Waals surface area contributed by atoms with Gasteiger partial charge in [-0.3, -0.25) is 15.3 Å². The third-order valence-corrected chi connectivity index (χ3v) is 1.18. The lowest BCUT2D eigenvalue weighted by molar-refractivity contribution is -0.114. The van der Waals surface area contributed by atoms with Gasteiger partial charge < -0.3 is 4.42 Å². The van der Waals surface area contributed by atoms with E-state index in [0.717, 1.165) is 12.3 Å². The number of hydrogen-bond acceptors (Lipinski definition) is 4. The highest BCUT2D eigenvalue weighted by Crippen LogP contribution is 2.06. The molecule has 0 saturated heterocycles. The fourth-order valence-corrected chi connectivity index (χ4v) is 0.645. The molecule has 0 saturated carbocycles. The Hall–Kier alpha value is -2.09. The highest BCUT2D eigenvalue weighted by atomic mass is 16.3. The summed E-state index contributed by atoms with van der Waals surface area (Å²) < 4.78 is 4.57. The highest BCUT2D eigenvalue weighted by molar-refractivity contribution is 6.41. The maximum Gasteiger partial charge on any atom is 0.310 e. The van der Waals surface area contributed by atoms with E-state index < -0.39 is 11.7 Å². The SMILES string of the molecule is N#Cc1cc(C(=O)C([NH])=O)co1. The Morgan fingerprint density at radius 3 is 2.67 bits per heavy atom. The molecule has 1 radical (unpaired) electrons. The quantitative estimate of drug-likeness (QED) is 0.457. The van der Waals surface area contributed by atoms with Gasteiger partial charge in [0.25, 0.3) is 5.78 Å². The summed E-state index contributed by atoms with van der Waals surface area (Å²) in [5.41, 5.74) is 6.41. The molecule has 0 aliphatic heterocycles. The van der Waals surface area contributed by atoms with Gasteiger partial charge in [-0.1, -0.05) is 0 Å². The molecule has 12 heavy (non-hydrogen) atoms. The molecule has 0 aromatic carbocycles. The van der Waals surface area contributed by atoms with E-state index in [-0.39, 0.29) is 11.3 Å². The number of ketones is 1. The standard InChI is InChI=1S/C7H3N2O3/c8-2-5-1-4(3-12-5)6(10)7(9)11/h1,3,9H. The molecule has 1 rings (SSSR count). The zero-order valence-corrected chi connectivity index (χ0v) is 5.83. The molecule has 1 aromatic rings. The van der Waals surface area contributed by atoms with Crippen LogP contribution in [0, 0.1) is 11.3 Å². The molecule has 0 bridgehead atoms. The number of nitrogens with zero attached hydrogens (tertiary/aromatic N) is 1. The molecule has 59 valence electrons. The molecule has 1 amide bonds. The van der Waals surface area contributed by atoms with Gasteiger partial charge in [0, 0.05) is 6.07 Å². The van der Waals surface area contributed by atoms with Crippen LogP contribution in [0.3, 0.4) is 0 Å². The summed E-state index contributed by atoms with van der Waals surface area (Å²) in [6, 6.07) is 2.77. The predicted molar refractivity (Wildman–Crippen MR) is 35.9 cm³/mol. The van der Waals surface area contributed by atoms with Gasteiger partial charge in [0.2, 0.25) is 5.76 Å². The smallest absolute Gasteiger partial charge is 0.310 e. The van der Waals surface area contributed by atoms with Crippen molar-refractivity contribution < 1.29 is 14.0 Å². The molecule has 0 atom stereocenters. The fraction of sp³-hybridized carbons (Fsp3) is 0. The van der Waals surface area contributed by atoms with Gasteiger partial charge >= 0.3 is 5.91 Å². The summed E-state index contributed by atoms with van der Waals surface area (Å²) in [6.45, 7) is 0. The van der Waals surface area contributed by atoms with E-state index in [1.807, 2.05) is 0 Å². The van der Waals surface area contributed by atoms with Crippen molar-refractivity contribution in [2.45, 2.75) is 0 Å². The lowest BCUT2D eigenvalue weighted by Gasteiger charge is -1.84. The Kier molecular flexibility index (Phi) is 1.92. The Morgan fingerprint density at radius 1 is 1.58 bits per heavy atom. The summed E-state index contributed by atoms with van der Waals surface area (Å²) >= 11 is 0. The van der Waals surface area contributed by atoms with E-state index >= 15 is 0 Å². The maximum atomic E-state index is 10.8. The van der Waals surface area contributed by atoms with Gasteiger partial charge in [-0.2, -0.15) is 5.26 Å². The number of carbonyl (C=O) groups is 2. The average Bonchev–Trinajstić information content (AvgIpc) is 2.50. The van der Waals surface area contributed by atoms with E-state index in [1.165, 1.54) is 0 Å². The molecule has 1 N–H and O–H groups in total. The first-order valence-electron chi connectivity index (χ1n) is 2.94. The highest BCUT2D eigenvalue weighted by Gasteiger charge is 2.15. The second-order valence-electron chi connectivity index (χ2n) is 1.97. The Labute approximate surface area is 67.4 Å². The van der Waals surface area contributed by atoms with E-state index in [9.17, 15) is 9.59 Å². The zero-order valence-electron chi connectivity index (χ0n) is 5.83. The van der Waals surface area contributed by atoms with Crippen LogP contribution in [0.2, 0.25) is 0 Å². The summed E-state index contributed by atoms with van der Waals surface area (Å²) in [5.74, 6) is -2.35. The lowest BCUT2D eigenvalue weighted by Crippen LogP contribution is -2.13. The third-order valence-electron chi connectivity index (χ3n) is 1.18. The number of carbonyl (C=O) groups excluding carboxylic acids is 2. The summed E-state index contributed by atoms with van der Waals surface area (Å²) in [6.07, 6.45) is 0.979. The topological polar surface area (TPSA) is 94.9 Å². The van der Waals surface area contributed by atoms with Gasteiger partial charge in [-0.15, -0.1) is 0 Å². The first-order chi connectivity index (χ1) is 5.65. The number of amides is 1. The average molecular weight is 163 g/mol. The normalized spacial score (nSPS) is 8.92. The van der Waals surface area contributed by atoms with Crippen molar-refractivity contribution in [3.05, 3.63) is 23.7 Å². The molecule has 1 aromatic heterocycles. The summed E-state index contributed by atoms with van der Waals surface area (Å²) in [4.78, 5) is 21.0. The van der Waals surface area contributed by atoms with Gasteiger partial charge in [0.15, 0.2) is 0 Å². The fourth-order valence-electron chi connectivity index (χ4n) is 0.645. The predicted octanol–water partition coefficient (Wildman–Crippen LogP) is 0.143. The molecule has 5 nitrogen and oxygen atoms in total. The molecular weight excluding hydrogens is 160 g/mol. The van der Waals surface area contributed by atoms with Crippen LogP contribution in [0.5, 0.6) is 0 Å². The molecule has 1 heterocycles. The summed E-state index contributed by atoms with van der Waals surface area (Å²) in [7, 11) is 0. The molecule has 0 aliphatic rings. The first-order valence-corrected chi connectivity index (χ1v) is 2.94. The van der Waals surface area contributed by atoms with Gasteiger partial charge in [-0.05, 0) is 0 Å². The van der Waals surface area contributed by atoms with Crippen molar-refractivity contribution in [2.75, 3.05) is 0 Å². The zero-order chi connectivity index (χ0) is 9.14. The number of hydrogen-bond donors (Lipinski definition) is 0. The van der Waals surface area contributed by atoms with E-state index in [1.54, 1.807) is 6.07 Å². The van der Waals surface area contributed by atoms with E-state index in [0.29, 0.717) is 0 Å². The van der Waals surface area contributed by atoms with Crippen LogP contribution < -0.4 is 5.73 Å². The number of furan rings is 1. The second kappa shape index (κ2) is 2.88.